The van der Waals surface area contributed by atoms with Crippen LogP contribution in [0.3, 0.4) is 0 Å². The van der Waals surface area contributed by atoms with Gasteiger partial charge in [0.25, 0.3) is 0 Å². The molecule has 0 aliphatic rings. The number of nitrogens with two attached hydrogens (primary N) is 1. The van der Waals surface area contributed by atoms with E-state index in [4.69, 9.17) is 16.7 Å². The third-order valence-corrected chi connectivity index (χ3v) is 2.03. The molecule has 1 unspecified atom stereocenters. The first-order valence-corrected chi connectivity index (χ1v) is 4.21. The number of rotatable bonds is 1. The zero-order valence-corrected chi connectivity index (χ0v) is 6.65. The lowest BCUT2D eigenvalue weighted by atomic mass is 10.4. The van der Waals surface area contributed by atoms with Crippen molar-refractivity contribution in [2.24, 2.45) is 5.14 Å². The number of hydrogen-bond donors (Lipinski definition) is 1. The van der Waals surface area contributed by atoms with Gasteiger partial charge >= 0.3 is 0 Å². The summed E-state index contributed by atoms with van der Waals surface area (Å²) in [5, 5.41) is 5.71. The second-order valence-electron chi connectivity index (χ2n) is 1.75. The van der Waals surface area contributed by atoms with Crippen LogP contribution < -0.4 is 5.14 Å². The molecule has 2 N–H and O–H groups in total. The highest BCUT2D eigenvalue weighted by molar-refractivity contribution is 7.82. The Kier molecular flexibility index (Phi) is 2.43. The van der Waals surface area contributed by atoms with Crippen LogP contribution in [0.15, 0.2) is 29.2 Å². The Labute approximate surface area is 66.6 Å². The quantitative estimate of drug-likeness (QED) is 0.688. The Morgan fingerprint density at radius 1 is 1.30 bits per heavy atom. The predicted octanol–water partition coefficient (Wildman–Crippen LogP) is 1.32. The Bertz CT molecular complexity index is 246. The van der Waals surface area contributed by atoms with Gasteiger partial charge in [-0.3, -0.25) is 0 Å². The van der Waals surface area contributed by atoms with Gasteiger partial charge in [-0.15, -0.1) is 0 Å². The third kappa shape index (κ3) is 1.80. The molecule has 1 aromatic rings. The predicted molar refractivity (Wildman–Crippen MR) is 42.0 cm³/mol. The van der Waals surface area contributed by atoms with Gasteiger partial charge in [-0.25, -0.2) is 9.35 Å². The fraction of sp³-hybridized carbons (Fsp3) is 0. The summed E-state index contributed by atoms with van der Waals surface area (Å²) in [7, 11) is -1.40. The maximum atomic E-state index is 10.6. The monoisotopic (exact) mass is 175 g/mol. The molecule has 0 amide bonds. The molecule has 0 bridgehead atoms. The molecule has 0 aliphatic carbocycles. The van der Waals surface area contributed by atoms with Crippen molar-refractivity contribution in [1.82, 2.24) is 0 Å². The fourth-order valence-electron chi connectivity index (χ4n) is 0.569. The minimum absolute atomic E-state index is 0.587. The zero-order chi connectivity index (χ0) is 7.56. The van der Waals surface area contributed by atoms with Gasteiger partial charge in [-0.05, 0) is 24.3 Å². The molecule has 0 spiro atoms. The zero-order valence-electron chi connectivity index (χ0n) is 5.08. The van der Waals surface area contributed by atoms with Crippen LogP contribution in [0.5, 0.6) is 0 Å². The van der Waals surface area contributed by atoms with Gasteiger partial charge in [-0.1, -0.05) is 11.6 Å². The second kappa shape index (κ2) is 3.14. The van der Waals surface area contributed by atoms with Crippen LogP contribution in [0.4, 0.5) is 0 Å². The Morgan fingerprint density at radius 3 is 2.20 bits per heavy atom. The highest BCUT2D eigenvalue weighted by atomic mass is 35.5. The van der Waals surface area contributed by atoms with Crippen molar-refractivity contribution in [3.8, 4) is 0 Å². The second-order valence-corrected chi connectivity index (χ2v) is 3.25. The molecule has 1 rings (SSSR count). The van der Waals surface area contributed by atoms with E-state index in [0.29, 0.717) is 9.92 Å². The summed E-state index contributed by atoms with van der Waals surface area (Å²) in [5.74, 6) is 0. The summed E-state index contributed by atoms with van der Waals surface area (Å²) < 4.78 is 10.6. The molecule has 4 heteroatoms. The van der Waals surface area contributed by atoms with E-state index < -0.39 is 11.0 Å². The molecular weight excluding hydrogens is 170 g/mol. The van der Waals surface area contributed by atoms with Crippen LogP contribution in [-0.4, -0.2) is 4.21 Å². The number of hydrogen-bond acceptors (Lipinski definition) is 1. The molecule has 0 heterocycles. The average molecular weight is 176 g/mol. The van der Waals surface area contributed by atoms with Gasteiger partial charge in [0.05, 0.1) is 4.90 Å². The summed E-state index contributed by atoms with van der Waals surface area (Å²) in [5.41, 5.74) is 0. The Hall–Kier alpha value is -0.380. The third-order valence-electron chi connectivity index (χ3n) is 1.05. The lowest BCUT2D eigenvalue weighted by Gasteiger charge is -1.93. The SMILES string of the molecule is NS(=O)c1ccc(Cl)cc1. The first-order valence-electron chi connectivity index (χ1n) is 2.62. The summed E-state index contributed by atoms with van der Waals surface area (Å²) in [6, 6.07) is 6.58. The fourth-order valence-corrected chi connectivity index (χ4v) is 1.10. The molecule has 0 saturated heterocycles. The molecular formula is C6H6ClNOS. The van der Waals surface area contributed by atoms with Crippen molar-refractivity contribution in [3.05, 3.63) is 29.3 Å². The summed E-state index contributed by atoms with van der Waals surface area (Å²) in [6.45, 7) is 0. The van der Waals surface area contributed by atoms with Crippen LogP contribution in [0.1, 0.15) is 0 Å². The van der Waals surface area contributed by atoms with E-state index in [1.165, 1.54) is 0 Å². The number of benzene rings is 1. The van der Waals surface area contributed by atoms with E-state index in [2.05, 4.69) is 0 Å². The smallest absolute Gasteiger partial charge is 0.122 e. The van der Waals surface area contributed by atoms with Crippen molar-refractivity contribution in [1.29, 1.82) is 0 Å². The van der Waals surface area contributed by atoms with Crippen LogP contribution >= 0.6 is 11.6 Å². The van der Waals surface area contributed by atoms with Crippen molar-refractivity contribution >= 4 is 22.6 Å². The van der Waals surface area contributed by atoms with Crippen LogP contribution in [-0.2, 0) is 11.0 Å². The molecule has 0 saturated carbocycles. The van der Waals surface area contributed by atoms with E-state index in [0.717, 1.165) is 0 Å². The molecule has 54 valence electrons. The maximum Gasteiger partial charge on any atom is 0.122 e. The number of halogens is 1. The molecule has 0 aliphatic heterocycles. The van der Waals surface area contributed by atoms with E-state index in [1.54, 1.807) is 24.3 Å². The normalized spacial score (nSPS) is 13.0. The van der Waals surface area contributed by atoms with Crippen LogP contribution in [0.2, 0.25) is 5.02 Å². The van der Waals surface area contributed by atoms with Crippen LogP contribution in [0, 0.1) is 0 Å². The van der Waals surface area contributed by atoms with E-state index in [1.807, 2.05) is 0 Å². The highest BCUT2D eigenvalue weighted by Gasteiger charge is 1.94. The molecule has 0 aromatic heterocycles. The summed E-state index contributed by atoms with van der Waals surface area (Å²) >= 11 is 5.58. The average Bonchev–Trinajstić information content (AvgIpc) is 1.88. The largest absolute Gasteiger partial charge is 0.248 e. The van der Waals surface area contributed by atoms with Gasteiger partial charge in [0.1, 0.15) is 11.0 Å². The van der Waals surface area contributed by atoms with Gasteiger partial charge in [0.15, 0.2) is 0 Å². The van der Waals surface area contributed by atoms with Crippen molar-refractivity contribution in [3.63, 3.8) is 0 Å². The van der Waals surface area contributed by atoms with Gasteiger partial charge < -0.3 is 0 Å². The topological polar surface area (TPSA) is 43.1 Å². The van der Waals surface area contributed by atoms with E-state index in [9.17, 15) is 4.21 Å². The lowest BCUT2D eigenvalue weighted by molar-refractivity contribution is 0.684. The van der Waals surface area contributed by atoms with E-state index >= 15 is 0 Å². The first kappa shape index (κ1) is 7.72. The van der Waals surface area contributed by atoms with Crippen LogP contribution in [0.25, 0.3) is 0 Å². The summed E-state index contributed by atoms with van der Waals surface area (Å²) in [6.07, 6.45) is 0. The van der Waals surface area contributed by atoms with Gasteiger partial charge in [-0.2, -0.15) is 0 Å². The van der Waals surface area contributed by atoms with E-state index in [-0.39, 0.29) is 0 Å². The maximum absolute atomic E-state index is 10.6. The van der Waals surface area contributed by atoms with Crippen molar-refractivity contribution in [2.75, 3.05) is 0 Å². The minimum Gasteiger partial charge on any atom is -0.248 e. The Morgan fingerprint density at radius 2 is 1.80 bits per heavy atom. The minimum atomic E-state index is -1.40. The highest BCUT2D eigenvalue weighted by Crippen LogP contribution is 2.10. The molecule has 0 fully saturated rings. The van der Waals surface area contributed by atoms with Crippen molar-refractivity contribution in [2.45, 2.75) is 4.90 Å². The van der Waals surface area contributed by atoms with Gasteiger partial charge in [0.2, 0.25) is 0 Å². The lowest BCUT2D eigenvalue weighted by Crippen LogP contribution is -2.01. The molecule has 1 atom stereocenters. The molecule has 10 heavy (non-hydrogen) atoms. The Balaban J connectivity index is 3.00. The van der Waals surface area contributed by atoms with Gasteiger partial charge in [0, 0.05) is 5.02 Å². The molecule has 1 aromatic carbocycles. The first-order chi connectivity index (χ1) is 4.70. The standard InChI is InChI=1S/C6H6ClNOS/c7-5-1-3-6(4-2-5)10(8)9/h1-4H,8H2. The van der Waals surface area contributed by atoms with Crippen molar-refractivity contribution < 1.29 is 4.21 Å². The summed E-state index contributed by atoms with van der Waals surface area (Å²) in [4.78, 5) is 0.587. The molecule has 2 nitrogen and oxygen atoms in total. The molecule has 0 radical (unpaired) electrons.